The Morgan fingerprint density at radius 2 is 2.00 bits per heavy atom. The Morgan fingerprint density at radius 1 is 1.25 bits per heavy atom. The van der Waals surface area contributed by atoms with Gasteiger partial charge in [0, 0.05) is 18.8 Å². The highest BCUT2D eigenvalue weighted by molar-refractivity contribution is 8.13. The van der Waals surface area contributed by atoms with Crippen LogP contribution in [-0.2, 0) is 0 Å². The molecule has 3 nitrogen and oxygen atoms in total. The van der Waals surface area contributed by atoms with Crippen molar-refractivity contribution >= 4 is 16.9 Å². The first-order valence-electron chi connectivity index (χ1n) is 7.55. The molecule has 0 saturated carbocycles. The molecule has 20 heavy (non-hydrogen) atoms. The molecule has 0 amide bonds. The van der Waals surface area contributed by atoms with Gasteiger partial charge in [0.15, 0.2) is 5.17 Å². The molecule has 1 unspecified atom stereocenters. The van der Waals surface area contributed by atoms with Gasteiger partial charge in [-0.1, -0.05) is 55.9 Å². The number of thioether (sulfide) groups is 1. The summed E-state index contributed by atoms with van der Waals surface area (Å²) in [6.07, 6.45) is 1.20. The van der Waals surface area contributed by atoms with Gasteiger partial charge in [0.05, 0.1) is 6.04 Å². The van der Waals surface area contributed by atoms with Gasteiger partial charge in [-0.15, -0.1) is 0 Å². The predicted molar refractivity (Wildman–Crippen MR) is 89.5 cm³/mol. The van der Waals surface area contributed by atoms with E-state index in [1.807, 2.05) is 11.8 Å². The molecular weight excluding hydrogens is 266 g/mol. The summed E-state index contributed by atoms with van der Waals surface area (Å²) in [5, 5.41) is 4.66. The molecule has 1 heterocycles. The number of hydrogen-bond donors (Lipinski definition) is 1. The van der Waals surface area contributed by atoms with Crippen LogP contribution < -0.4 is 5.32 Å². The van der Waals surface area contributed by atoms with Crippen LogP contribution in [0.2, 0.25) is 0 Å². The summed E-state index contributed by atoms with van der Waals surface area (Å²) < 4.78 is 0. The molecule has 1 aromatic rings. The van der Waals surface area contributed by atoms with Crippen molar-refractivity contribution in [3.63, 3.8) is 0 Å². The third kappa shape index (κ3) is 4.25. The lowest BCUT2D eigenvalue weighted by Crippen LogP contribution is -2.37. The van der Waals surface area contributed by atoms with E-state index in [0.717, 1.165) is 31.3 Å². The van der Waals surface area contributed by atoms with Crippen molar-refractivity contribution in [1.82, 2.24) is 10.2 Å². The quantitative estimate of drug-likeness (QED) is 0.872. The second kappa shape index (κ2) is 8.32. The van der Waals surface area contributed by atoms with Gasteiger partial charge < -0.3 is 5.32 Å². The Hall–Kier alpha value is -1.00. The fourth-order valence-corrected chi connectivity index (χ4v) is 3.38. The number of nitrogens with zero attached hydrogens (tertiary/aromatic N) is 2. The van der Waals surface area contributed by atoms with E-state index in [1.165, 1.54) is 17.7 Å². The minimum Gasteiger partial charge on any atom is -0.363 e. The largest absolute Gasteiger partial charge is 0.363 e. The van der Waals surface area contributed by atoms with E-state index in [1.54, 1.807) is 0 Å². The van der Waals surface area contributed by atoms with E-state index in [4.69, 9.17) is 0 Å². The summed E-state index contributed by atoms with van der Waals surface area (Å²) in [5.41, 5.74) is 1.38. The zero-order valence-corrected chi connectivity index (χ0v) is 13.3. The second-order valence-corrected chi connectivity index (χ2v) is 6.00. The lowest BCUT2D eigenvalue weighted by Gasteiger charge is -2.31. The summed E-state index contributed by atoms with van der Waals surface area (Å²) in [4.78, 5) is 7.05. The zero-order valence-electron chi connectivity index (χ0n) is 12.5. The fourth-order valence-electron chi connectivity index (χ4n) is 2.55. The lowest BCUT2D eigenvalue weighted by molar-refractivity contribution is 0.219. The van der Waals surface area contributed by atoms with E-state index in [-0.39, 0.29) is 0 Å². The van der Waals surface area contributed by atoms with Gasteiger partial charge in [0.25, 0.3) is 0 Å². The molecule has 0 radical (unpaired) electrons. The first-order valence-corrected chi connectivity index (χ1v) is 8.53. The molecule has 4 heteroatoms. The first kappa shape index (κ1) is 15.4. The third-order valence-electron chi connectivity index (χ3n) is 3.68. The predicted octanol–water partition coefficient (Wildman–Crippen LogP) is 3.15. The number of benzene rings is 1. The summed E-state index contributed by atoms with van der Waals surface area (Å²) >= 11 is 1.85. The van der Waals surface area contributed by atoms with Crippen LogP contribution in [0, 0.1) is 0 Å². The van der Waals surface area contributed by atoms with Crippen molar-refractivity contribution in [3.8, 4) is 0 Å². The van der Waals surface area contributed by atoms with Gasteiger partial charge in [-0.05, 0) is 25.1 Å². The van der Waals surface area contributed by atoms with E-state index < -0.39 is 0 Å². The Balaban J connectivity index is 2.04. The number of aliphatic imine (C=N–C) groups is 1. The van der Waals surface area contributed by atoms with Crippen molar-refractivity contribution in [3.05, 3.63) is 35.9 Å². The second-order valence-electron chi connectivity index (χ2n) is 4.92. The number of amidine groups is 1. The van der Waals surface area contributed by atoms with Crippen molar-refractivity contribution in [1.29, 1.82) is 0 Å². The van der Waals surface area contributed by atoms with E-state index in [9.17, 15) is 0 Å². The molecule has 0 aromatic heterocycles. The lowest BCUT2D eigenvalue weighted by atomic mass is 10.1. The maximum Gasteiger partial charge on any atom is 0.156 e. The summed E-state index contributed by atoms with van der Waals surface area (Å²) in [7, 11) is 0. The van der Waals surface area contributed by atoms with Gasteiger partial charge in [-0.3, -0.25) is 9.89 Å². The van der Waals surface area contributed by atoms with Crippen LogP contribution in [0.25, 0.3) is 0 Å². The Bertz CT molecular complexity index is 415. The summed E-state index contributed by atoms with van der Waals surface area (Å²) in [5.74, 6) is 1.19. The van der Waals surface area contributed by atoms with Gasteiger partial charge >= 0.3 is 0 Å². The maximum absolute atomic E-state index is 4.56. The number of rotatable bonds is 6. The van der Waals surface area contributed by atoms with Crippen molar-refractivity contribution in [2.24, 2.45) is 4.99 Å². The van der Waals surface area contributed by atoms with Crippen LogP contribution in [-0.4, -0.2) is 42.0 Å². The molecule has 110 valence electrons. The maximum atomic E-state index is 4.56. The van der Waals surface area contributed by atoms with E-state index in [2.05, 4.69) is 59.4 Å². The minimum atomic E-state index is 0.413. The van der Waals surface area contributed by atoms with Crippen LogP contribution in [0.15, 0.2) is 35.3 Å². The van der Waals surface area contributed by atoms with Crippen LogP contribution in [0.1, 0.15) is 31.9 Å². The van der Waals surface area contributed by atoms with Crippen molar-refractivity contribution < 1.29 is 0 Å². The summed E-state index contributed by atoms with van der Waals surface area (Å²) in [6, 6.07) is 11.2. The molecule has 1 aliphatic rings. The number of nitrogens with one attached hydrogen (secondary N) is 1. The average molecular weight is 291 g/mol. The van der Waals surface area contributed by atoms with Gasteiger partial charge in [-0.25, -0.2) is 0 Å². The highest BCUT2D eigenvalue weighted by Crippen LogP contribution is 2.20. The van der Waals surface area contributed by atoms with Crippen molar-refractivity contribution in [2.45, 2.75) is 26.3 Å². The van der Waals surface area contributed by atoms with Crippen molar-refractivity contribution in [2.75, 3.05) is 31.9 Å². The summed E-state index contributed by atoms with van der Waals surface area (Å²) in [6.45, 7) is 8.49. The van der Waals surface area contributed by atoms with Crippen LogP contribution in [0.4, 0.5) is 0 Å². The third-order valence-corrected chi connectivity index (χ3v) is 4.72. The van der Waals surface area contributed by atoms with Gasteiger partial charge in [0.1, 0.15) is 0 Å². The molecule has 2 rings (SSSR count). The number of hydrogen-bond acceptors (Lipinski definition) is 4. The molecule has 0 bridgehead atoms. The van der Waals surface area contributed by atoms with Gasteiger partial charge in [-0.2, -0.15) is 0 Å². The fraction of sp³-hybridized carbons (Fsp3) is 0.562. The highest BCUT2D eigenvalue weighted by atomic mass is 32.2. The molecular formula is C16H25N3S. The smallest absolute Gasteiger partial charge is 0.156 e. The molecule has 0 aliphatic carbocycles. The minimum absolute atomic E-state index is 0.413. The average Bonchev–Trinajstić information content (AvgIpc) is 2.53. The molecule has 0 fully saturated rings. The normalized spacial score (nSPS) is 16.9. The highest BCUT2D eigenvalue weighted by Gasteiger charge is 2.18. The standard InChI is InChI=1S/C16H25N3S/c1-3-19(4-2)15(14-9-6-5-7-10-14)13-18-16-17-11-8-12-20-16/h5-7,9-10,15H,3-4,8,11-13H2,1-2H3,(H,17,18). The molecule has 1 atom stereocenters. The first-order chi connectivity index (χ1) is 9.85. The monoisotopic (exact) mass is 291 g/mol. The van der Waals surface area contributed by atoms with Crippen LogP contribution in [0.3, 0.4) is 0 Å². The molecule has 1 aromatic carbocycles. The number of likely N-dealkylation sites (N-methyl/N-ethyl adjacent to an activating group) is 1. The molecule has 0 saturated heterocycles. The van der Waals surface area contributed by atoms with Crippen LogP contribution >= 0.6 is 11.8 Å². The Labute approximate surface area is 126 Å². The SMILES string of the molecule is CCN(CC)C(CNC1=NCCCS1)c1ccccc1. The van der Waals surface area contributed by atoms with E-state index >= 15 is 0 Å². The zero-order chi connectivity index (χ0) is 14.2. The molecule has 0 spiro atoms. The molecule has 1 aliphatic heterocycles. The Morgan fingerprint density at radius 3 is 2.60 bits per heavy atom. The van der Waals surface area contributed by atoms with Crippen LogP contribution in [0.5, 0.6) is 0 Å². The van der Waals surface area contributed by atoms with E-state index in [0.29, 0.717) is 6.04 Å². The topological polar surface area (TPSA) is 27.6 Å². The Kier molecular flexibility index (Phi) is 6.40. The van der Waals surface area contributed by atoms with Gasteiger partial charge in [0.2, 0.25) is 0 Å². The molecule has 1 N–H and O–H groups in total.